The molecule has 2 rings (SSSR count). The van der Waals surface area contributed by atoms with Crippen molar-refractivity contribution in [1.29, 1.82) is 0 Å². The van der Waals surface area contributed by atoms with Crippen molar-refractivity contribution in [2.45, 2.75) is 0 Å². The number of anilines is 1. The van der Waals surface area contributed by atoms with Crippen LogP contribution in [0.3, 0.4) is 0 Å². The molecule has 2 aromatic rings. The topological polar surface area (TPSA) is 38.9 Å². The van der Waals surface area contributed by atoms with E-state index in [-0.39, 0.29) is 11.3 Å². The van der Waals surface area contributed by atoms with Gasteiger partial charge in [0.1, 0.15) is 11.6 Å². The molecule has 0 spiro atoms. The normalized spacial score (nSPS) is 10.3. The third kappa shape index (κ3) is 1.79. The number of rotatable bonds is 1. The minimum Gasteiger partial charge on any atom is -0.397 e. The zero-order valence-electron chi connectivity index (χ0n) is 7.74. The molecular weight excluding hydrogens is 198 g/mol. The van der Waals surface area contributed by atoms with Crippen molar-refractivity contribution in [2.75, 3.05) is 5.73 Å². The third-order valence-electron chi connectivity index (χ3n) is 2.01. The summed E-state index contributed by atoms with van der Waals surface area (Å²) in [5, 5.41) is 0. The lowest BCUT2D eigenvalue weighted by atomic mass is 10.1. The van der Waals surface area contributed by atoms with Crippen LogP contribution in [0, 0.1) is 11.6 Å². The first-order valence-corrected chi connectivity index (χ1v) is 4.34. The first-order valence-electron chi connectivity index (χ1n) is 4.34. The molecule has 15 heavy (non-hydrogen) atoms. The Morgan fingerprint density at radius 2 is 1.67 bits per heavy atom. The van der Waals surface area contributed by atoms with Crippen LogP contribution in [0.5, 0.6) is 0 Å². The Bertz CT molecular complexity index is 460. The maximum Gasteiger partial charge on any atom is 0.135 e. The molecule has 0 fully saturated rings. The number of nitrogens with zero attached hydrogens (tertiary/aromatic N) is 1. The van der Waals surface area contributed by atoms with Gasteiger partial charge in [0, 0.05) is 0 Å². The average Bonchev–Trinajstić information content (AvgIpc) is 2.20. The average molecular weight is 206 g/mol. The summed E-state index contributed by atoms with van der Waals surface area (Å²) in [7, 11) is 0. The maximum atomic E-state index is 13.3. The fourth-order valence-electron chi connectivity index (χ4n) is 1.30. The molecule has 0 aliphatic rings. The number of hydrogen-bond acceptors (Lipinski definition) is 2. The second-order valence-electron chi connectivity index (χ2n) is 3.07. The molecule has 2 N–H and O–H groups in total. The van der Waals surface area contributed by atoms with Crippen molar-refractivity contribution in [3.8, 4) is 11.3 Å². The van der Waals surface area contributed by atoms with Crippen LogP contribution in [0.1, 0.15) is 0 Å². The van der Waals surface area contributed by atoms with Crippen LogP contribution >= 0.6 is 0 Å². The lowest BCUT2D eigenvalue weighted by molar-refractivity contribution is 0.588. The quantitative estimate of drug-likeness (QED) is 0.778. The summed E-state index contributed by atoms with van der Waals surface area (Å²) in [6, 6.07) is 6.73. The van der Waals surface area contributed by atoms with E-state index in [0.717, 1.165) is 0 Å². The van der Waals surface area contributed by atoms with E-state index in [1.165, 1.54) is 30.5 Å². The zero-order chi connectivity index (χ0) is 10.8. The molecule has 76 valence electrons. The van der Waals surface area contributed by atoms with Crippen molar-refractivity contribution >= 4 is 5.69 Å². The number of aromatic nitrogens is 1. The standard InChI is InChI=1S/C11H8F2N2/c12-8-2-1-3-9(13)11(8)10-5-4-7(14)6-15-10/h1-6H,14H2. The Morgan fingerprint density at radius 3 is 2.20 bits per heavy atom. The van der Waals surface area contributed by atoms with E-state index in [2.05, 4.69) is 4.98 Å². The number of benzene rings is 1. The Labute approximate surface area is 85.4 Å². The Kier molecular flexibility index (Phi) is 2.33. The number of pyridine rings is 1. The van der Waals surface area contributed by atoms with Crippen molar-refractivity contribution < 1.29 is 8.78 Å². The number of nitrogen functional groups attached to an aromatic ring is 1. The molecule has 0 saturated carbocycles. The summed E-state index contributed by atoms with van der Waals surface area (Å²) in [5.74, 6) is -1.26. The Hall–Kier alpha value is -1.97. The maximum absolute atomic E-state index is 13.3. The second-order valence-corrected chi connectivity index (χ2v) is 3.07. The summed E-state index contributed by atoms with van der Waals surface area (Å²) in [6.45, 7) is 0. The number of nitrogens with two attached hydrogens (primary N) is 1. The summed E-state index contributed by atoms with van der Waals surface area (Å²) < 4.78 is 26.7. The molecule has 0 aliphatic carbocycles. The van der Waals surface area contributed by atoms with Crippen LogP contribution in [0.15, 0.2) is 36.5 Å². The molecule has 2 nitrogen and oxygen atoms in total. The van der Waals surface area contributed by atoms with E-state index in [1.807, 2.05) is 0 Å². The third-order valence-corrected chi connectivity index (χ3v) is 2.01. The predicted octanol–water partition coefficient (Wildman–Crippen LogP) is 2.61. The van der Waals surface area contributed by atoms with Gasteiger partial charge >= 0.3 is 0 Å². The van der Waals surface area contributed by atoms with E-state index < -0.39 is 11.6 Å². The lowest BCUT2D eigenvalue weighted by Gasteiger charge is -2.03. The van der Waals surface area contributed by atoms with Crippen LogP contribution in [0.2, 0.25) is 0 Å². The number of hydrogen-bond donors (Lipinski definition) is 1. The van der Waals surface area contributed by atoms with Gasteiger partial charge in [-0.15, -0.1) is 0 Å². The van der Waals surface area contributed by atoms with Crippen LogP contribution < -0.4 is 5.73 Å². The van der Waals surface area contributed by atoms with Crippen LogP contribution in [0.25, 0.3) is 11.3 Å². The van der Waals surface area contributed by atoms with Crippen LogP contribution in [-0.4, -0.2) is 4.98 Å². The summed E-state index contributed by atoms with van der Waals surface area (Å²) in [6.07, 6.45) is 1.36. The largest absolute Gasteiger partial charge is 0.397 e. The molecule has 1 aromatic heterocycles. The van der Waals surface area contributed by atoms with Gasteiger partial charge in [0.2, 0.25) is 0 Å². The van der Waals surface area contributed by atoms with Crippen molar-refractivity contribution in [3.05, 3.63) is 48.2 Å². The van der Waals surface area contributed by atoms with E-state index in [0.29, 0.717) is 5.69 Å². The fourth-order valence-corrected chi connectivity index (χ4v) is 1.30. The summed E-state index contributed by atoms with van der Waals surface area (Å²) in [4.78, 5) is 3.87. The van der Waals surface area contributed by atoms with Gasteiger partial charge in [-0.3, -0.25) is 4.98 Å². The van der Waals surface area contributed by atoms with Gasteiger partial charge in [-0.1, -0.05) is 6.07 Å². The molecule has 0 aliphatic heterocycles. The monoisotopic (exact) mass is 206 g/mol. The molecule has 0 radical (unpaired) electrons. The molecule has 0 unspecified atom stereocenters. The highest BCUT2D eigenvalue weighted by Crippen LogP contribution is 2.24. The van der Waals surface area contributed by atoms with Crippen molar-refractivity contribution in [1.82, 2.24) is 4.98 Å². The van der Waals surface area contributed by atoms with Crippen LogP contribution in [-0.2, 0) is 0 Å². The molecule has 0 amide bonds. The van der Waals surface area contributed by atoms with Gasteiger partial charge in [0.15, 0.2) is 0 Å². The fraction of sp³-hybridized carbons (Fsp3) is 0. The van der Waals surface area contributed by atoms with E-state index >= 15 is 0 Å². The van der Waals surface area contributed by atoms with E-state index in [1.54, 1.807) is 6.07 Å². The van der Waals surface area contributed by atoms with Gasteiger partial charge in [-0.25, -0.2) is 8.78 Å². The molecule has 0 saturated heterocycles. The molecular formula is C11H8F2N2. The first kappa shape index (κ1) is 9.58. The Balaban J connectivity index is 2.58. The lowest BCUT2D eigenvalue weighted by Crippen LogP contribution is -1.93. The van der Waals surface area contributed by atoms with Gasteiger partial charge in [-0.05, 0) is 24.3 Å². The Morgan fingerprint density at radius 1 is 1.00 bits per heavy atom. The van der Waals surface area contributed by atoms with Gasteiger partial charge in [0.25, 0.3) is 0 Å². The minimum atomic E-state index is -0.632. The molecule has 0 atom stereocenters. The van der Waals surface area contributed by atoms with Gasteiger partial charge < -0.3 is 5.73 Å². The highest BCUT2D eigenvalue weighted by molar-refractivity contribution is 5.61. The molecule has 0 bridgehead atoms. The first-order chi connectivity index (χ1) is 7.18. The second kappa shape index (κ2) is 3.65. The minimum absolute atomic E-state index is 0.127. The van der Waals surface area contributed by atoms with Gasteiger partial charge in [-0.2, -0.15) is 0 Å². The molecule has 1 heterocycles. The number of halogens is 2. The highest BCUT2D eigenvalue weighted by atomic mass is 19.1. The van der Waals surface area contributed by atoms with Crippen LogP contribution in [0.4, 0.5) is 14.5 Å². The SMILES string of the molecule is Nc1ccc(-c2c(F)cccc2F)nc1. The van der Waals surface area contributed by atoms with Crippen molar-refractivity contribution in [2.24, 2.45) is 0 Å². The van der Waals surface area contributed by atoms with E-state index in [4.69, 9.17) is 5.73 Å². The molecule has 4 heteroatoms. The smallest absolute Gasteiger partial charge is 0.135 e. The zero-order valence-corrected chi connectivity index (χ0v) is 7.74. The summed E-state index contributed by atoms with van der Waals surface area (Å²) in [5.41, 5.74) is 5.99. The van der Waals surface area contributed by atoms with Gasteiger partial charge in [0.05, 0.1) is 23.1 Å². The van der Waals surface area contributed by atoms with E-state index in [9.17, 15) is 8.78 Å². The predicted molar refractivity (Wildman–Crippen MR) is 54.0 cm³/mol. The highest BCUT2D eigenvalue weighted by Gasteiger charge is 2.11. The summed E-state index contributed by atoms with van der Waals surface area (Å²) >= 11 is 0. The van der Waals surface area contributed by atoms with Crippen molar-refractivity contribution in [3.63, 3.8) is 0 Å². The molecule has 1 aromatic carbocycles.